The lowest BCUT2D eigenvalue weighted by atomic mass is 10.1. The first kappa shape index (κ1) is 18.2. The SMILES string of the molecule is O=C1[C@@H](Cc2ccc(OCc3ccccc3)cc2)NC(=S)N1c1ccccc1. The van der Waals surface area contributed by atoms with Gasteiger partial charge in [0.1, 0.15) is 18.4 Å². The van der Waals surface area contributed by atoms with E-state index in [0.29, 0.717) is 18.1 Å². The summed E-state index contributed by atoms with van der Waals surface area (Å²) in [7, 11) is 0. The number of thiocarbonyl (C=S) groups is 1. The Kier molecular flexibility index (Phi) is 5.35. The van der Waals surface area contributed by atoms with Crippen molar-refractivity contribution in [3.8, 4) is 5.75 Å². The zero-order valence-electron chi connectivity index (χ0n) is 15.2. The van der Waals surface area contributed by atoms with Crippen molar-refractivity contribution in [2.75, 3.05) is 4.90 Å². The Morgan fingerprint density at radius 3 is 2.18 bits per heavy atom. The van der Waals surface area contributed by atoms with Gasteiger partial charge in [0.05, 0.1) is 5.69 Å². The van der Waals surface area contributed by atoms with E-state index in [2.05, 4.69) is 5.32 Å². The van der Waals surface area contributed by atoms with Gasteiger partial charge in [-0.1, -0.05) is 60.7 Å². The molecule has 5 heteroatoms. The van der Waals surface area contributed by atoms with Crippen LogP contribution in [0.4, 0.5) is 5.69 Å². The van der Waals surface area contributed by atoms with Gasteiger partial charge in [-0.05, 0) is 47.6 Å². The van der Waals surface area contributed by atoms with E-state index < -0.39 is 0 Å². The number of hydrogen-bond acceptors (Lipinski definition) is 3. The normalized spacial score (nSPS) is 16.1. The van der Waals surface area contributed by atoms with Crippen molar-refractivity contribution in [3.63, 3.8) is 0 Å². The maximum Gasteiger partial charge on any atom is 0.256 e. The number of benzene rings is 3. The highest BCUT2D eigenvalue weighted by Crippen LogP contribution is 2.22. The first-order valence-corrected chi connectivity index (χ1v) is 9.57. The maximum atomic E-state index is 12.8. The van der Waals surface area contributed by atoms with Crippen LogP contribution < -0.4 is 15.0 Å². The molecule has 1 aliphatic rings. The molecule has 4 nitrogen and oxygen atoms in total. The van der Waals surface area contributed by atoms with Gasteiger partial charge in [0.2, 0.25) is 0 Å². The first-order chi connectivity index (χ1) is 13.7. The molecule has 1 heterocycles. The molecule has 0 aromatic heterocycles. The number of carbonyl (C=O) groups excluding carboxylic acids is 1. The van der Waals surface area contributed by atoms with E-state index in [4.69, 9.17) is 17.0 Å². The molecule has 0 unspecified atom stereocenters. The number of nitrogens with zero attached hydrogens (tertiary/aromatic N) is 1. The molecule has 3 aromatic rings. The third-order valence-electron chi connectivity index (χ3n) is 4.65. The molecule has 4 rings (SSSR count). The lowest BCUT2D eigenvalue weighted by molar-refractivity contribution is -0.118. The summed E-state index contributed by atoms with van der Waals surface area (Å²) in [4.78, 5) is 14.4. The van der Waals surface area contributed by atoms with Crippen molar-refractivity contribution in [2.24, 2.45) is 0 Å². The second-order valence-electron chi connectivity index (χ2n) is 6.63. The van der Waals surface area contributed by atoms with E-state index in [-0.39, 0.29) is 11.9 Å². The summed E-state index contributed by atoms with van der Waals surface area (Å²) in [5, 5.41) is 3.59. The van der Waals surface area contributed by atoms with Gasteiger partial charge in [-0.25, -0.2) is 0 Å². The number of carbonyl (C=O) groups is 1. The number of rotatable bonds is 6. The minimum Gasteiger partial charge on any atom is -0.489 e. The van der Waals surface area contributed by atoms with Gasteiger partial charge < -0.3 is 10.1 Å². The zero-order valence-corrected chi connectivity index (χ0v) is 16.1. The topological polar surface area (TPSA) is 41.6 Å². The van der Waals surface area contributed by atoms with E-state index >= 15 is 0 Å². The van der Waals surface area contributed by atoms with E-state index in [1.54, 1.807) is 4.90 Å². The summed E-state index contributed by atoms with van der Waals surface area (Å²) in [5.41, 5.74) is 2.97. The van der Waals surface area contributed by atoms with E-state index in [1.807, 2.05) is 84.9 Å². The Morgan fingerprint density at radius 2 is 1.50 bits per heavy atom. The van der Waals surface area contributed by atoms with Crippen LogP contribution in [0.5, 0.6) is 5.75 Å². The quantitative estimate of drug-likeness (QED) is 0.646. The van der Waals surface area contributed by atoms with Crippen LogP contribution in [0.1, 0.15) is 11.1 Å². The third-order valence-corrected chi connectivity index (χ3v) is 4.95. The summed E-state index contributed by atoms with van der Waals surface area (Å²) in [6.07, 6.45) is 0.571. The Bertz CT molecular complexity index is 959. The van der Waals surface area contributed by atoms with Gasteiger partial charge in [-0.15, -0.1) is 0 Å². The molecule has 0 spiro atoms. The second kappa shape index (κ2) is 8.23. The molecular weight excluding hydrogens is 368 g/mol. The van der Waals surface area contributed by atoms with Crippen LogP contribution in [-0.2, 0) is 17.8 Å². The van der Waals surface area contributed by atoms with E-state index in [0.717, 1.165) is 22.6 Å². The molecule has 0 aliphatic carbocycles. The number of ether oxygens (including phenoxy) is 1. The average Bonchev–Trinajstić information content (AvgIpc) is 3.02. The van der Waals surface area contributed by atoms with Crippen molar-refractivity contribution >= 4 is 28.9 Å². The van der Waals surface area contributed by atoms with Gasteiger partial charge in [-0.2, -0.15) is 0 Å². The average molecular weight is 388 g/mol. The highest BCUT2D eigenvalue weighted by atomic mass is 32.1. The Balaban J connectivity index is 1.38. The van der Waals surface area contributed by atoms with Crippen molar-refractivity contribution in [3.05, 3.63) is 96.1 Å². The molecule has 1 aliphatic heterocycles. The number of anilines is 1. The van der Waals surface area contributed by atoms with E-state index in [1.165, 1.54) is 0 Å². The molecule has 28 heavy (non-hydrogen) atoms. The molecule has 3 aromatic carbocycles. The van der Waals surface area contributed by atoms with Crippen LogP contribution >= 0.6 is 12.2 Å². The van der Waals surface area contributed by atoms with Gasteiger partial charge in [0.25, 0.3) is 5.91 Å². The van der Waals surface area contributed by atoms with Gasteiger partial charge >= 0.3 is 0 Å². The molecule has 0 saturated carbocycles. The van der Waals surface area contributed by atoms with Crippen LogP contribution in [0.15, 0.2) is 84.9 Å². The fraction of sp³-hybridized carbons (Fsp3) is 0.130. The molecule has 0 bridgehead atoms. The van der Waals surface area contributed by atoms with E-state index in [9.17, 15) is 4.79 Å². The third kappa shape index (κ3) is 4.05. The predicted molar refractivity (Wildman–Crippen MR) is 114 cm³/mol. The standard InChI is InChI=1S/C23H20N2O2S/c26-22-21(24-23(28)25(22)19-9-5-2-6-10-19)15-17-11-13-20(14-12-17)27-16-18-7-3-1-4-8-18/h1-14,21H,15-16H2,(H,24,28)/t21-/m1/s1. The first-order valence-electron chi connectivity index (χ1n) is 9.16. The molecule has 1 saturated heterocycles. The van der Waals surface area contributed by atoms with Crippen LogP contribution in [0, 0.1) is 0 Å². The molecule has 1 fully saturated rings. The molecule has 140 valence electrons. The lowest BCUT2D eigenvalue weighted by Crippen LogP contribution is -2.32. The summed E-state index contributed by atoms with van der Waals surface area (Å²) in [6, 6.07) is 27.0. The number of nitrogens with one attached hydrogen (secondary N) is 1. The maximum absolute atomic E-state index is 12.8. The molecule has 0 radical (unpaired) electrons. The molecule has 1 N–H and O–H groups in total. The fourth-order valence-corrected chi connectivity index (χ4v) is 3.53. The van der Waals surface area contributed by atoms with Crippen LogP contribution in [0.3, 0.4) is 0 Å². The molecular formula is C23H20N2O2S. The highest BCUT2D eigenvalue weighted by molar-refractivity contribution is 7.80. The summed E-state index contributed by atoms with van der Waals surface area (Å²) >= 11 is 5.37. The largest absolute Gasteiger partial charge is 0.489 e. The highest BCUT2D eigenvalue weighted by Gasteiger charge is 2.36. The summed E-state index contributed by atoms with van der Waals surface area (Å²) in [6.45, 7) is 0.531. The Labute approximate surface area is 169 Å². The Morgan fingerprint density at radius 1 is 0.857 bits per heavy atom. The predicted octanol–water partition coefficient (Wildman–Crippen LogP) is 4.10. The van der Waals surface area contributed by atoms with Gasteiger partial charge in [0, 0.05) is 6.42 Å². The van der Waals surface area contributed by atoms with Crippen molar-refractivity contribution in [1.29, 1.82) is 0 Å². The van der Waals surface area contributed by atoms with Crippen molar-refractivity contribution in [1.82, 2.24) is 5.32 Å². The minimum atomic E-state index is -0.358. The lowest BCUT2D eigenvalue weighted by Gasteiger charge is -2.14. The van der Waals surface area contributed by atoms with Crippen LogP contribution in [0.25, 0.3) is 0 Å². The monoisotopic (exact) mass is 388 g/mol. The number of hydrogen-bond donors (Lipinski definition) is 1. The number of amides is 1. The second-order valence-corrected chi connectivity index (χ2v) is 7.02. The fourth-order valence-electron chi connectivity index (χ4n) is 3.19. The summed E-state index contributed by atoms with van der Waals surface area (Å²) < 4.78 is 5.82. The minimum absolute atomic E-state index is 0.0272. The smallest absolute Gasteiger partial charge is 0.256 e. The Hall–Kier alpha value is -3.18. The summed E-state index contributed by atoms with van der Waals surface area (Å²) in [5.74, 6) is 0.778. The van der Waals surface area contributed by atoms with Crippen LogP contribution in [-0.4, -0.2) is 17.1 Å². The zero-order chi connectivity index (χ0) is 19.3. The molecule has 1 atom stereocenters. The molecule has 1 amide bonds. The number of para-hydroxylation sites is 1. The van der Waals surface area contributed by atoms with Crippen LogP contribution in [0.2, 0.25) is 0 Å². The van der Waals surface area contributed by atoms with Crippen molar-refractivity contribution < 1.29 is 9.53 Å². The van der Waals surface area contributed by atoms with Gasteiger partial charge in [0.15, 0.2) is 5.11 Å². The van der Waals surface area contributed by atoms with Gasteiger partial charge in [-0.3, -0.25) is 9.69 Å². The van der Waals surface area contributed by atoms with Crippen molar-refractivity contribution in [2.45, 2.75) is 19.1 Å².